The summed E-state index contributed by atoms with van der Waals surface area (Å²) in [5, 5.41) is 0.639. The Balaban J connectivity index is 2.76. The van der Waals surface area contributed by atoms with Gasteiger partial charge in [0.15, 0.2) is 0 Å². The molecule has 0 aliphatic carbocycles. The highest BCUT2D eigenvalue weighted by Gasteiger charge is 1.85. The molecule has 3 N–H and O–H groups in total. The minimum absolute atomic E-state index is 0.639. The third-order valence-corrected chi connectivity index (χ3v) is 1.08. The molecule has 0 saturated carbocycles. The van der Waals surface area contributed by atoms with E-state index in [4.69, 9.17) is 5.84 Å². The third-order valence-electron chi connectivity index (χ3n) is 0.485. The standard InChI is InChI=1S/C2H4N4S/c3-6-2-4-1-5-7-2/h1H,3H2,(H,4,5,6). The van der Waals surface area contributed by atoms with E-state index in [1.807, 2.05) is 0 Å². The summed E-state index contributed by atoms with van der Waals surface area (Å²) in [6.45, 7) is 0. The van der Waals surface area contributed by atoms with Crippen LogP contribution >= 0.6 is 11.5 Å². The van der Waals surface area contributed by atoms with Crippen LogP contribution in [0.5, 0.6) is 0 Å². The Hall–Kier alpha value is -0.680. The molecule has 5 heteroatoms. The van der Waals surface area contributed by atoms with E-state index in [-0.39, 0.29) is 0 Å². The summed E-state index contributed by atoms with van der Waals surface area (Å²) in [5.41, 5.74) is 2.35. The van der Waals surface area contributed by atoms with Crippen molar-refractivity contribution in [2.75, 3.05) is 5.43 Å². The van der Waals surface area contributed by atoms with Crippen LogP contribution in [0.15, 0.2) is 6.33 Å². The monoisotopic (exact) mass is 116 g/mol. The molecule has 0 saturated heterocycles. The van der Waals surface area contributed by atoms with Gasteiger partial charge in [-0.1, -0.05) is 0 Å². The van der Waals surface area contributed by atoms with Crippen molar-refractivity contribution in [3.05, 3.63) is 6.33 Å². The maximum atomic E-state index is 4.95. The van der Waals surface area contributed by atoms with E-state index >= 15 is 0 Å². The molecule has 0 spiro atoms. The fourth-order valence-corrected chi connectivity index (χ4v) is 0.578. The molecule has 0 unspecified atom stereocenters. The first-order valence-electron chi connectivity index (χ1n) is 1.67. The van der Waals surface area contributed by atoms with Crippen molar-refractivity contribution < 1.29 is 0 Å². The number of hydrogen-bond acceptors (Lipinski definition) is 5. The second-order valence-electron chi connectivity index (χ2n) is 0.891. The Morgan fingerprint density at radius 3 is 3.00 bits per heavy atom. The molecule has 0 fully saturated rings. The van der Waals surface area contributed by atoms with Gasteiger partial charge in [-0.15, -0.1) is 0 Å². The third kappa shape index (κ3) is 0.847. The zero-order chi connectivity index (χ0) is 5.11. The Bertz CT molecular complexity index is 124. The molecule has 38 valence electrons. The van der Waals surface area contributed by atoms with Gasteiger partial charge in [0.1, 0.15) is 6.33 Å². The van der Waals surface area contributed by atoms with Gasteiger partial charge in [-0.25, -0.2) is 10.8 Å². The van der Waals surface area contributed by atoms with Gasteiger partial charge in [0.05, 0.1) is 0 Å². The molecule has 0 atom stereocenters. The number of anilines is 1. The lowest BCUT2D eigenvalue weighted by Crippen LogP contribution is -2.05. The van der Waals surface area contributed by atoms with Crippen LogP contribution in [0.1, 0.15) is 0 Å². The summed E-state index contributed by atoms with van der Waals surface area (Å²) in [5.74, 6) is 4.95. The van der Waals surface area contributed by atoms with Crippen LogP contribution in [0.2, 0.25) is 0 Å². The predicted octanol–water partition coefficient (Wildman–Crippen LogP) is -0.176. The van der Waals surface area contributed by atoms with Gasteiger partial charge >= 0.3 is 0 Å². The maximum Gasteiger partial charge on any atom is 0.216 e. The van der Waals surface area contributed by atoms with Gasteiger partial charge in [0, 0.05) is 11.5 Å². The highest BCUT2D eigenvalue weighted by molar-refractivity contribution is 7.09. The molecule has 0 aliphatic rings. The lowest BCUT2D eigenvalue weighted by atomic mass is 11.2. The first-order chi connectivity index (χ1) is 3.43. The van der Waals surface area contributed by atoms with E-state index < -0.39 is 0 Å². The molecule has 0 aliphatic heterocycles. The van der Waals surface area contributed by atoms with Crippen molar-refractivity contribution in [2.45, 2.75) is 0 Å². The van der Waals surface area contributed by atoms with Crippen molar-refractivity contribution in [3.63, 3.8) is 0 Å². The Morgan fingerprint density at radius 1 is 1.86 bits per heavy atom. The van der Waals surface area contributed by atoms with Gasteiger partial charge in [-0.05, 0) is 0 Å². The largest absolute Gasteiger partial charge is 0.299 e. The Labute approximate surface area is 44.5 Å². The highest BCUT2D eigenvalue weighted by atomic mass is 32.1. The Morgan fingerprint density at radius 2 is 2.71 bits per heavy atom. The fraction of sp³-hybridized carbons (Fsp3) is 0. The zero-order valence-corrected chi connectivity index (χ0v) is 4.27. The molecule has 1 rings (SSSR count). The minimum atomic E-state index is 0.639. The number of aromatic nitrogens is 2. The number of nitrogens with one attached hydrogen (secondary N) is 1. The molecule has 7 heavy (non-hydrogen) atoms. The SMILES string of the molecule is NNc1ncns1. The van der Waals surface area contributed by atoms with Gasteiger partial charge < -0.3 is 0 Å². The number of hydrogen-bond donors (Lipinski definition) is 2. The molecule has 1 aromatic rings. The van der Waals surface area contributed by atoms with Gasteiger partial charge in [-0.3, -0.25) is 5.43 Å². The van der Waals surface area contributed by atoms with Gasteiger partial charge in [0.2, 0.25) is 5.13 Å². The van der Waals surface area contributed by atoms with Crippen molar-refractivity contribution in [1.82, 2.24) is 9.36 Å². The normalized spacial score (nSPS) is 8.71. The molecule has 0 radical (unpaired) electrons. The molecular weight excluding hydrogens is 112 g/mol. The summed E-state index contributed by atoms with van der Waals surface area (Å²) < 4.78 is 3.68. The summed E-state index contributed by atoms with van der Waals surface area (Å²) in [7, 11) is 0. The molecular formula is C2H4N4S. The van der Waals surface area contributed by atoms with Crippen molar-refractivity contribution in [2.24, 2.45) is 5.84 Å². The number of hydrazine groups is 1. The fourth-order valence-electron chi connectivity index (χ4n) is 0.237. The van der Waals surface area contributed by atoms with Crippen LogP contribution in [0.25, 0.3) is 0 Å². The van der Waals surface area contributed by atoms with E-state index in [1.165, 1.54) is 17.9 Å². The van der Waals surface area contributed by atoms with Crippen molar-refractivity contribution >= 4 is 16.7 Å². The van der Waals surface area contributed by atoms with E-state index in [1.54, 1.807) is 0 Å². The van der Waals surface area contributed by atoms with Gasteiger partial charge in [0.25, 0.3) is 0 Å². The van der Waals surface area contributed by atoms with E-state index in [9.17, 15) is 0 Å². The highest BCUT2D eigenvalue weighted by Crippen LogP contribution is 2.01. The van der Waals surface area contributed by atoms with Crippen LogP contribution in [0, 0.1) is 0 Å². The first kappa shape index (κ1) is 4.48. The second-order valence-corrected chi connectivity index (χ2v) is 1.67. The molecule has 0 aromatic carbocycles. The van der Waals surface area contributed by atoms with E-state index in [0.29, 0.717) is 5.13 Å². The van der Waals surface area contributed by atoms with Crippen LogP contribution < -0.4 is 11.3 Å². The van der Waals surface area contributed by atoms with Crippen molar-refractivity contribution in [1.29, 1.82) is 0 Å². The second kappa shape index (κ2) is 1.85. The molecule has 1 aromatic heterocycles. The number of nitrogens with zero attached hydrogens (tertiary/aromatic N) is 2. The summed E-state index contributed by atoms with van der Waals surface area (Å²) in [6.07, 6.45) is 1.44. The maximum absolute atomic E-state index is 4.95. The lowest BCUT2D eigenvalue weighted by Gasteiger charge is -1.82. The smallest absolute Gasteiger partial charge is 0.216 e. The van der Waals surface area contributed by atoms with Gasteiger partial charge in [-0.2, -0.15) is 4.37 Å². The molecule has 0 amide bonds. The first-order valence-corrected chi connectivity index (χ1v) is 2.44. The zero-order valence-electron chi connectivity index (χ0n) is 3.46. The lowest BCUT2D eigenvalue weighted by molar-refractivity contribution is 1.26. The average molecular weight is 116 g/mol. The number of nitrogen functional groups attached to an aromatic ring is 1. The summed E-state index contributed by atoms with van der Waals surface area (Å²) in [6, 6.07) is 0. The average Bonchev–Trinajstić information content (AvgIpc) is 2.14. The van der Waals surface area contributed by atoms with Crippen LogP contribution in [0.3, 0.4) is 0 Å². The van der Waals surface area contributed by atoms with Crippen LogP contribution in [-0.2, 0) is 0 Å². The topological polar surface area (TPSA) is 63.8 Å². The number of rotatable bonds is 1. The minimum Gasteiger partial charge on any atom is -0.299 e. The molecule has 4 nitrogen and oxygen atoms in total. The van der Waals surface area contributed by atoms with Crippen molar-refractivity contribution in [3.8, 4) is 0 Å². The summed E-state index contributed by atoms with van der Waals surface area (Å²) >= 11 is 1.23. The Kier molecular flexibility index (Phi) is 1.19. The van der Waals surface area contributed by atoms with E-state index in [2.05, 4.69) is 14.8 Å². The van der Waals surface area contributed by atoms with Crippen LogP contribution in [-0.4, -0.2) is 9.36 Å². The molecule has 1 heterocycles. The van der Waals surface area contributed by atoms with Crippen LogP contribution in [0.4, 0.5) is 5.13 Å². The summed E-state index contributed by atoms with van der Waals surface area (Å²) in [4.78, 5) is 3.71. The molecule has 0 bridgehead atoms. The predicted molar refractivity (Wildman–Crippen MR) is 27.7 cm³/mol. The van der Waals surface area contributed by atoms with E-state index in [0.717, 1.165) is 0 Å². The number of nitrogens with two attached hydrogens (primary N) is 1. The quantitative estimate of drug-likeness (QED) is 0.395.